The normalized spacial score (nSPS) is 19.0. The van der Waals surface area contributed by atoms with Gasteiger partial charge in [0.2, 0.25) is 5.91 Å². The lowest BCUT2D eigenvalue weighted by molar-refractivity contribution is -0.122. The number of rotatable bonds is 10. The summed E-state index contributed by atoms with van der Waals surface area (Å²) in [5, 5.41) is 3.19. The van der Waals surface area contributed by atoms with Crippen LogP contribution < -0.4 is 16.6 Å². The molecule has 0 aromatic carbocycles. The Morgan fingerprint density at radius 2 is 1.88 bits per heavy atom. The number of fused-ring (bicyclic) bond motifs is 1. The van der Waals surface area contributed by atoms with Gasteiger partial charge in [0.1, 0.15) is 5.82 Å². The Bertz CT molecular complexity index is 1020. The van der Waals surface area contributed by atoms with Crippen LogP contribution in [-0.4, -0.2) is 31.1 Å². The summed E-state index contributed by atoms with van der Waals surface area (Å²) < 4.78 is 3.47. The number of nitrogens with one attached hydrogen (secondary N) is 2. The molecule has 3 rings (SSSR count). The number of carbonyl (C=O) groups is 1. The van der Waals surface area contributed by atoms with Gasteiger partial charge in [-0.15, -0.1) is 0 Å². The molecule has 2 aromatic rings. The maximum absolute atomic E-state index is 12.7. The molecule has 1 saturated carbocycles. The molecule has 1 fully saturated rings. The molecular weight excluding hydrogens is 406 g/mol. The highest BCUT2D eigenvalue weighted by Crippen LogP contribution is 2.26. The molecule has 1 amide bonds. The lowest BCUT2D eigenvalue weighted by Gasteiger charge is -2.28. The number of unbranched alkanes of at least 4 members (excludes halogenated alkanes) is 1. The summed E-state index contributed by atoms with van der Waals surface area (Å²) in [5.74, 6) is 1.82. The Morgan fingerprint density at radius 3 is 2.50 bits per heavy atom. The Labute approximate surface area is 189 Å². The van der Waals surface area contributed by atoms with E-state index in [-0.39, 0.29) is 11.9 Å². The van der Waals surface area contributed by atoms with Gasteiger partial charge in [0, 0.05) is 32.0 Å². The van der Waals surface area contributed by atoms with Crippen molar-refractivity contribution in [1.82, 2.24) is 24.4 Å². The van der Waals surface area contributed by atoms with Crippen molar-refractivity contribution < 1.29 is 4.79 Å². The Morgan fingerprint density at radius 1 is 1.16 bits per heavy atom. The van der Waals surface area contributed by atoms with E-state index in [1.54, 1.807) is 4.57 Å². The lowest BCUT2D eigenvalue weighted by atomic mass is 9.84. The predicted molar refractivity (Wildman–Crippen MR) is 127 cm³/mol. The van der Waals surface area contributed by atoms with E-state index < -0.39 is 11.2 Å². The lowest BCUT2D eigenvalue weighted by Crippen LogP contribution is -2.37. The van der Waals surface area contributed by atoms with Gasteiger partial charge >= 0.3 is 5.69 Å². The number of hydrogen-bond acceptors (Lipinski definition) is 4. The van der Waals surface area contributed by atoms with E-state index in [4.69, 9.17) is 4.98 Å². The van der Waals surface area contributed by atoms with Crippen LogP contribution in [0.25, 0.3) is 11.2 Å². The van der Waals surface area contributed by atoms with E-state index >= 15 is 0 Å². The highest BCUT2D eigenvalue weighted by atomic mass is 16.2. The molecule has 2 N–H and O–H groups in total. The van der Waals surface area contributed by atoms with Crippen LogP contribution in [-0.2, 0) is 24.3 Å². The van der Waals surface area contributed by atoms with Gasteiger partial charge in [-0.1, -0.05) is 40.5 Å². The van der Waals surface area contributed by atoms with Gasteiger partial charge in [0.15, 0.2) is 11.2 Å². The molecule has 2 heterocycles. The highest BCUT2D eigenvalue weighted by molar-refractivity contribution is 5.77. The van der Waals surface area contributed by atoms with Crippen LogP contribution in [0.1, 0.15) is 84.9 Å². The number of imidazole rings is 1. The van der Waals surface area contributed by atoms with Gasteiger partial charge in [-0.3, -0.25) is 19.1 Å². The molecule has 0 radical (unpaired) electrons. The van der Waals surface area contributed by atoms with E-state index in [9.17, 15) is 14.4 Å². The summed E-state index contributed by atoms with van der Waals surface area (Å²) in [7, 11) is 0. The van der Waals surface area contributed by atoms with Gasteiger partial charge < -0.3 is 9.88 Å². The fraction of sp³-hybridized carbons (Fsp3) is 0.750. The van der Waals surface area contributed by atoms with Crippen LogP contribution in [0.15, 0.2) is 9.59 Å². The second-order valence-corrected chi connectivity index (χ2v) is 9.66. The molecule has 2 aromatic heterocycles. The van der Waals surface area contributed by atoms with E-state index in [1.807, 2.05) is 4.57 Å². The van der Waals surface area contributed by atoms with Crippen LogP contribution in [0.4, 0.5) is 0 Å². The van der Waals surface area contributed by atoms with Crippen molar-refractivity contribution in [3.8, 4) is 0 Å². The van der Waals surface area contributed by atoms with Gasteiger partial charge in [-0.05, 0) is 43.9 Å². The van der Waals surface area contributed by atoms with Crippen molar-refractivity contribution in [3.63, 3.8) is 0 Å². The predicted octanol–water partition coefficient (Wildman–Crippen LogP) is 3.36. The SMILES string of the molecule is CCCCn1c(=O)[nH]c(=O)c2c1nc(CCC(=O)NC1CCC(CC)CC1)n2CC(C)C. The van der Waals surface area contributed by atoms with Crippen molar-refractivity contribution in [2.45, 2.75) is 105 Å². The first-order valence-electron chi connectivity index (χ1n) is 12.4. The summed E-state index contributed by atoms with van der Waals surface area (Å²) in [6, 6.07) is 0.266. The smallest absolute Gasteiger partial charge is 0.330 e. The van der Waals surface area contributed by atoms with Crippen molar-refractivity contribution in [3.05, 3.63) is 26.7 Å². The number of aromatic amines is 1. The Kier molecular flexibility index (Phi) is 8.32. The molecule has 1 aliphatic carbocycles. The topological polar surface area (TPSA) is 102 Å². The third-order valence-corrected chi connectivity index (χ3v) is 6.61. The third kappa shape index (κ3) is 5.70. The number of amides is 1. The van der Waals surface area contributed by atoms with Gasteiger partial charge in [0.05, 0.1) is 0 Å². The standard InChI is InChI=1S/C24H39N5O3/c1-5-7-14-28-22-21(23(31)27-24(28)32)29(15-16(3)4)19(26-22)12-13-20(30)25-18-10-8-17(6-2)9-11-18/h16-18H,5-15H2,1-4H3,(H,25,30)(H,27,31,32). The molecule has 1 aliphatic rings. The van der Waals surface area contributed by atoms with Crippen LogP contribution in [0.5, 0.6) is 0 Å². The van der Waals surface area contributed by atoms with E-state index in [1.165, 1.54) is 19.3 Å². The molecule has 8 heteroatoms. The van der Waals surface area contributed by atoms with Gasteiger partial charge in [0.25, 0.3) is 5.56 Å². The molecule has 0 bridgehead atoms. The number of H-pyrrole nitrogens is 1. The number of aromatic nitrogens is 4. The zero-order valence-corrected chi connectivity index (χ0v) is 20.1. The molecule has 0 unspecified atom stereocenters. The zero-order valence-electron chi connectivity index (χ0n) is 20.1. The summed E-state index contributed by atoms with van der Waals surface area (Å²) in [6.45, 7) is 9.58. The van der Waals surface area contributed by atoms with E-state index in [0.717, 1.165) is 31.6 Å². The van der Waals surface area contributed by atoms with Crippen molar-refractivity contribution >= 4 is 17.1 Å². The molecule has 178 valence electrons. The maximum atomic E-state index is 12.7. The second kappa shape index (κ2) is 11.0. The summed E-state index contributed by atoms with van der Waals surface area (Å²) in [5.41, 5.74) is 0.0373. The van der Waals surface area contributed by atoms with Crippen molar-refractivity contribution in [2.24, 2.45) is 11.8 Å². The minimum Gasteiger partial charge on any atom is -0.353 e. The zero-order chi connectivity index (χ0) is 23.3. The molecule has 32 heavy (non-hydrogen) atoms. The highest BCUT2D eigenvalue weighted by Gasteiger charge is 2.23. The maximum Gasteiger partial charge on any atom is 0.330 e. The van der Waals surface area contributed by atoms with Crippen LogP contribution in [0.2, 0.25) is 0 Å². The first kappa shape index (κ1) is 24.3. The number of aryl methyl sites for hydroxylation is 2. The van der Waals surface area contributed by atoms with Crippen LogP contribution >= 0.6 is 0 Å². The van der Waals surface area contributed by atoms with Crippen LogP contribution in [0.3, 0.4) is 0 Å². The minimum atomic E-state index is -0.419. The first-order valence-corrected chi connectivity index (χ1v) is 12.4. The minimum absolute atomic E-state index is 0.0328. The monoisotopic (exact) mass is 445 g/mol. The Hall–Kier alpha value is -2.38. The second-order valence-electron chi connectivity index (χ2n) is 9.66. The average molecular weight is 446 g/mol. The fourth-order valence-corrected chi connectivity index (χ4v) is 4.73. The largest absolute Gasteiger partial charge is 0.353 e. The van der Waals surface area contributed by atoms with Gasteiger partial charge in [-0.2, -0.15) is 0 Å². The van der Waals surface area contributed by atoms with Gasteiger partial charge in [-0.25, -0.2) is 9.78 Å². The van der Waals surface area contributed by atoms with Crippen LogP contribution in [0, 0.1) is 11.8 Å². The van der Waals surface area contributed by atoms with E-state index in [2.05, 4.69) is 38.0 Å². The molecule has 8 nitrogen and oxygen atoms in total. The molecule has 0 atom stereocenters. The molecule has 0 aliphatic heterocycles. The number of nitrogens with zero attached hydrogens (tertiary/aromatic N) is 3. The quantitative estimate of drug-likeness (QED) is 0.585. The summed E-state index contributed by atoms with van der Waals surface area (Å²) >= 11 is 0. The average Bonchev–Trinajstić information content (AvgIpc) is 3.10. The van der Waals surface area contributed by atoms with E-state index in [0.29, 0.717) is 48.8 Å². The number of carbonyl (C=O) groups excluding carboxylic acids is 1. The third-order valence-electron chi connectivity index (χ3n) is 6.61. The fourth-order valence-electron chi connectivity index (χ4n) is 4.73. The molecule has 0 saturated heterocycles. The summed E-state index contributed by atoms with van der Waals surface area (Å²) in [6.07, 6.45) is 8.22. The summed E-state index contributed by atoms with van der Waals surface area (Å²) in [4.78, 5) is 44.9. The number of hydrogen-bond donors (Lipinski definition) is 2. The Balaban J connectivity index is 1.80. The first-order chi connectivity index (χ1) is 15.3. The molecular formula is C24H39N5O3. The van der Waals surface area contributed by atoms with Crippen molar-refractivity contribution in [2.75, 3.05) is 0 Å². The van der Waals surface area contributed by atoms with Crippen molar-refractivity contribution in [1.29, 1.82) is 0 Å². The molecule has 0 spiro atoms.